The van der Waals surface area contributed by atoms with Crippen LogP contribution in [0.3, 0.4) is 0 Å². The number of esters is 2. The molecule has 0 aliphatic carbocycles. The van der Waals surface area contributed by atoms with Gasteiger partial charge in [0.15, 0.2) is 6.10 Å². The van der Waals surface area contributed by atoms with Gasteiger partial charge >= 0.3 is 17.9 Å². The fraction of sp³-hybridized carbons (Fsp3) is 0.831. The summed E-state index contributed by atoms with van der Waals surface area (Å²) in [5.41, 5.74) is 0. The molecule has 0 radical (unpaired) electrons. The number of aliphatic carboxylic acids is 1. The molecule has 0 aliphatic heterocycles. The molecule has 9 nitrogen and oxygen atoms in total. The van der Waals surface area contributed by atoms with Gasteiger partial charge in [0.2, 0.25) is 0 Å². The summed E-state index contributed by atoms with van der Waals surface area (Å²) < 4.78 is 23.0. The highest BCUT2D eigenvalue weighted by atomic mass is 16.7. The molecule has 0 amide bonds. The number of nitrogens with zero attached hydrogens (tertiary/aromatic N) is 1. The highest BCUT2D eigenvalue weighted by Gasteiger charge is 2.25. The molecule has 0 fully saturated rings. The lowest BCUT2D eigenvalue weighted by atomic mass is 10.0. The van der Waals surface area contributed by atoms with Crippen molar-refractivity contribution in [3.05, 3.63) is 60.8 Å². The summed E-state index contributed by atoms with van der Waals surface area (Å²) in [4.78, 5) is 37.7. The van der Waals surface area contributed by atoms with Crippen LogP contribution in [0.2, 0.25) is 0 Å². The zero-order valence-electron chi connectivity index (χ0n) is 57.5. The predicted octanol–water partition coefficient (Wildman–Crippen LogP) is 23.1. The van der Waals surface area contributed by atoms with Gasteiger partial charge in [-0.25, -0.2) is 4.79 Å². The normalized spacial score (nSPS) is 13.0. The number of carbonyl (C=O) groups excluding carboxylic acids is 2. The number of carboxylic acids is 1. The van der Waals surface area contributed by atoms with Crippen LogP contribution in [0.4, 0.5) is 0 Å². The van der Waals surface area contributed by atoms with Gasteiger partial charge in [-0.3, -0.25) is 9.59 Å². The number of hydrogen-bond donors (Lipinski definition) is 1. The standard InChI is InChI=1S/C77H141NO8/c1-6-8-10-12-14-16-18-20-22-24-26-28-30-32-34-35-36-37-38-39-40-41-42-44-46-48-50-52-54-56-58-60-62-64-66-68-75(80)86-73(72-85-77(76(81)82)83-70-69-78(3,4)5)71-84-74(79)67-65-63-61-59-57-55-53-51-49-47-45-43-33-31-29-27-25-23-21-19-17-15-13-11-9-7-2/h8,10,14,16,20,22,26,28,32,34,73,77H,6-7,9,11-13,15,17-19,21,23-25,27,29-31,33,35-72H2,1-5H3/p+1/b10-8-,16-14-,22-20-,28-26-,34-32-. The number of ether oxygens (including phenoxy) is 4. The average Bonchev–Trinajstić information content (AvgIpc) is 3.64. The van der Waals surface area contributed by atoms with Gasteiger partial charge < -0.3 is 28.5 Å². The third kappa shape index (κ3) is 68.5. The average molecular weight is 1210 g/mol. The van der Waals surface area contributed by atoms with E-state index in [4.69, 9.17) is 18.9 Å². The lowest BCUT2D eigenvalue weighted by Gasteiger charge is -2.25. The van der Waals surface area contributed by atoms with E-state index in [9.17, 15) is 19.5 Å². The van der Waals surface area contributed by atoms with Crippen molar-refractivity contribution >= 4 is 17.9 Å². The number of quaternary nitrogens is 1. The van der Waals surface area contributed by atoms with Crippen molar-refractivity contribution in [2.24, 2.45) is 0 Å². The van der Waals surface area contributed by atoms with Crippen molar-refractivity contribution < 1.29 is 42.9 Å². The van der Waals surface area contributed by atoms with Crippen LogP contribution in [-0.2, 0) is 33.3 Å². The van der Waals surface area contributed by atoms with E-state index in [1.54, 1.807) is 0 Å². The zero-order valence-corrected chi connectivity index (χ0v) is 57.5. The summed E-state index contributed by atoms with van der Waals surface area (Å²) in [5.74, 6) is -1.98. The largest absolute Gasteiger partial charge is 0.477 e. The minimum Gasteiger partial charge on any atom is -0.477 e. The number of likely N-dealkylation sites (N-methyl/N-ethyl adjacent to an activating group) is 1. The molecule has 0 aliphatic rings. The quantitative estimate of drug-likeness (QED) is 0.0211. The van der Waals surface area contributed by atoms with Gasteiger partial charge in [0, 0.05) is 12.8 Å². The Balaban J connectivity index is 4.03. The van der Waals surface area contributed by atoms with Crippen LogP contribution < -0.4 is 0 Å². The maximum atomic E-state index is 13.0. The Labute approximate surface area is 533 Å². The molecule has 0 aromatic carbocycles. The van der Waals surface area contributed by atoms with Crippen LogP contribution in [0.1, 0.15) is 354 Å². The molecular formula is C77H142NO8+. The summed E-state index contributed by atoms with van der Waals surface area (Å²) >= 11 is 0. The van der Waals surface area contributed by atoms with Gasteiger partial charge in [-0.05, 0) is 57.8 Å². The van der Waals surface area contributed by atoms with E-state index in [0.717, 1.165) is 70.6 Å². The van der Waals surface area contributed by atoms with Crippen molar-refractivity contribution in [1.29, 1.82) is 0 Å². The molecule has 9 heteroatoms. The minimum atomic E-state index is -1.51. The Bertz CT molecular complexity index is 1600. The SMILES string of the molecule is CC/C=C\C/C=C\C/C=C\C/C=C\C/C=C\CCCCCCCCCCCCCCCCCCCCCC(=O)OC(COC(=O)CCCCCCCCCCCCCCCCCCCCCCCCCCCC)COC(OCC[N+](C)(C)C)C(=O)O. The van der Waals surface area contributed by atoms with Gasteiger partial charge in [0.1, 0.15) is 13.2 Å². The second-order valence-electron chi connectivity index (χ2n) is 26.2. The van der Waals surface area contributed by atoms with E-state index in [2.05, 4.69) is 74.6 Å². The van der Waals surface area contributed by atoms with E-state index in [0.29, 0.717) is 17.4 Å². The summed E-state index contributed by atoms with van der Waals surface area (Å²) in [5, 5.41) is 9.76. The highest BCUT2D eigenvalue weighted by molar-refractivity contribution is 5.71. The maximum Gasteiger partial charge on any atom is 0.361 e. The maximum absolute atomic E-state index is 13.0. The third-order valence-electron chi connectivity index (χ3n) is 16.5. The summed E-state index contributed by atoms with van der Waals surface area (Å²) in [6.07, 6.45) is 86.4. The first-order chi connectivity index (χ1) is 42.1. The molecule has 0 saturated heterocycles. The van der Waals surface area contributed by atoms with E-state index >= 15 is 0 Å². The Morgan fingerprint density at radius 3 is 0.988 bits per heavy atom. The first-order valence-corrected chi connectivity index (χ1v) is 37.0. The lowest BCUT2D eigenvalue weighted by molar-refractivity contribution is -0.870. The Morgan fingerprint density at radius 1 is 0.360 bits per heavy atom. The summed E-state index contributed by atoms with van der Waals surface area (Å²) in [7, 11) is 5.99. The lowest BCUT2D eigenvalue weighted by Crippen LogP contribution is -2.40. The Morgan fingerprint density at radius 2 is 0.663 bits per heavy atom. The molecule has 502 valence electrons. The van der Waals surface area contributed by atoms with Crippen molar-refractivity contribution in [2.45, 2.75) is 367 Å². The van der Waals surface area contributed by atoms with Crippen LogP contribution in [0.25, 0.3) is 0 Å². The van der Waals surface area contributed by atoms with Crippen LogP contribution in [-0.4, -0.2) is 87.4 Å². The number of unbranched alkanes of at least 4 members (excludes halogenated alkanes) is 44. The van der Waals surface area contributed by atoms with Crippen LogP contribution in [0.15, 0.2) is 60.8 Å². The van der Waals surface area contributed by atoms with Crippen molar-refractivity contribution in [3.63, 3.8) is 0 Å². The van der Waals surface area contributed by atoms with Gasteiger partial charge in [-0.15, -0.1) is 0 Å². The van der Waals surface area contributed by atoms with Crippen molar-refractivity contribution in [1.82, 2.24) is 0 Å². The number of carbonyl (C=O) groups is 3. The number of hydrogen-bond acceptors (Lipinski definition) is 7. The van der Waals surface area contributed by atoms with Gasteiger partial charge in [-0.1, -0.05) is 344 Å². The number of allylic oxidation sites excluding steroid dienone is 10. The minimum absolute atomic E-state index is 0.177. The Kier molecular flexibility index (Phi) is 65.5. The summed E-state index contributed by atoms with van der Waals surface area (Å²) in [6, 6.07) is 0. The second kappa shape index (κ2) is 67.9. The molecule has 86 heavy (non-hydrogen) atoms. The first kappa shape index (κ1) is 83.0. The van der Waals surface area contributed by atoms with E-state index < -0.39 is 18.4 Å². The van der Waals surface area contributed by atoms with E-state index in [1.807, 2.05) is 21.1 Å². The third-order valence-corrected chi connectivity index (χ3v) is 16.5. The predicted molar refractivity (Wildman–Crippen MR) is 369 cm³/mol. The second-order valence-corrected chi connectivity index (χ2v) is 26.2. The molecule has 0 rings (SSSR count). The van der Waals surface area contributed by atoms with Gasteiger partial charge in [-0.2, -0.15) is 0 Å². The fourth-order valence-corrected chi connectivity index (χ4v) is 10.9. The highest BCUT2D eigenvalue weighted by Crippen LogP contribution is 2.19. The number of carboxylic acid groups (broad SMARTS) is 1. The molecule has 1 N–H and O–H groups in total. The topological polar surface area (TPSA) is 108 Å². The van der Waals surface area contributed by atoms with Crippen LogP contribution in [0.5, 0.6) is 0 Å². The molecule has 0 aromatic heterocycles. The molecule has 0 saturated carbocycles. The van der Waals surface area contributed by atoms with Gasteiger partial charge in [0.25, 0.3) is 6.29 Å². The van der Waals surface area contributed by atoms with Crippen LogP contribution in [0, 0.1) is 0 Å². The Hall–Kier alpha value is -3.01. The first-order valence-electron chi connectivity index (χ1n) is 37.0. The van der Waals surface area contributed by atoms with Crippen molar-refractivity contribution in [2.75, 3.05) is 47.5 Å². The fourth-order valence-electron chi connectivity index (χ4n) is 10.9. The van der Waals surface area contributed by atoms with Crippen molar-refractivity contribution in [3.8, 4) is 0 Å². The molecule has 2 unspecified atom stereocenters. The van der Waals surface area contributed by atoms with Gasteiger partial charge in [0.05, 0.1) is 34.4 Å². The molecule has 0 spiro atoms. The molecule has 2 atom stereocenters. The molecule has 0 bridgehead atoms. The smallest absolute Gasteiger partial charge is 0.361 e. The molecular weight excluding hydrogens is 1070 g/mol. The van der Waals surface area contributed by atoms with E-state index in [-0.39, 0.29) is 38.2 Å². The zero-order chi connectivity index (χ0) is 62.6. The molecule has 0 aromatic rings. The molecule has 0 heterocycles. The monoisotopic (exact) mass is 1210 g/mol. The van der Waals surface area contributed by atoms with Crippen LogP contribution >= 0.6 is 0 Å². The number of rotatable bonds is 69. The summed E-state index contributed by atoms with van der Waals surface area (Å²) in [6.45, 7) is 4.83. The van der Waals surface area contributed by atoms with E-state index in [1.165, 1.54) is 257 Å².